The van der Waals surface area contributed by atoms with Crippen LogP contribution in [0, 0.1) is 0 Å². The highest BCUT2D eigenvalue weighted by molar-refractivity contribution is 7.98. The predicted octanol–water partition coefficient (Wildman–Crippen LogP) is 3.83. The molecule has 0 atom stereocenters. The largest absolute Gasteiger partial charge is 0.466 e. The van der Waals surface area contributed by atoms with E-state index in [0.717, 1.165) is 24.2 Å². The van der Waals surface area contributed by atoms with Crippen LogP contribution in [0.1, 0.15) is 39.0 Å². The Labute approximate surface area is 130 Å². The standard InChI is InChI=1S/C16H22O4S/c1-3-4-5-12-19-15(17)10-11-16(18)20-13-6-8-14(21-2)9-7-13/h6-9H,3-5,10-12H2,1-2H3. The minimum Gasteiger partial charge on any atom is -0.466 e. The molecule has 1 rings (SSSR count). The zero-order valence-corrected chi connectivity index (χ0v) is 13.4. The first-order chi connectivity index (χ1) is 10.2. The van der Waals surface area contributed by atoms with Crippen molar-refractivity contribution in [3.05, 3.63) is 24.3 Å². The molecule has 0 bridgehead atoms. The van der Waals surface area contributed by atoms with E-state index >= 15 is 0 Å². The SMILES string of the molecule is CCCCCOC(=O)CCC(=O)Oc1ccc(SC)cc1. The van der Waals surface area contributed by atoms with Crippen molar-refractivity contribution < 1.29 is 19.1 Å². The lowest BCUT2D eigenvalue weighted by Gasteiger charge is -2.06. The van der Waals surface area contributed by atoms with Gasteiger partial charge >= 0.3 is 11.9 Å². The van der Waals surface area contributed by atoms with Crippen molar-refractivity contribution in [1.29, 1.82) is 0 Å². The van der Waals surface area contributed by atoms with Crippen molar-refractivity contribution in [1.82, 2.24) is 0 Å². The van der Waals surface area contributed by atoms with Crippen LogP contribution in [0.3, 0.4) is 0 Å². The summed E-state index contributed by atoms with van der Waals surface area (Å²) < 4.78 is 10.2. The van der Waals surface area contributed by atoms with E-state index in [2.05, 4.69) is 6.92 Å². The van der Waals surface area contributed by atoms with Gasteiger partial charge in [-0.25, -0.2) is 0 Å². The molecule has 0 aliphatic carbocycles. The number of rotatable bonds is 9. The predicted molar refractivity (Wildman–Crippen MR) is 83.6 cm³/mol. The minimum atomic E-state index is -0.419. The van der Waals surface area contributed by atoms with Crippen LogP contribution in [0.4, 0.5) is 0 Å². The van der Waals surface area contributed by atoms with Crippen LogP contribution in [-0.4, -0.2) is 24.8 Å². The van der Waals surface area contributed by atoms with E-state index in [1.54, 1.807) is 23.9 Å². The molecule has 0 radical (unpaired) electrons. The summed E-state index contributed by atoms with van der Waals surface area (Å²) in [5, 5.41) is 0. The molecule has 4 nitrogen and oxygen atoms in total. The summed E-state index contributed by atoms with van der Waals surface area (Å²) in [4.78, 5) is 24.1. The Morgan fingerprint density at radius 3 is 2.33 bits per heavy atom. The first kappa shape index (κ1) is 17.6. The molecular formula is C16H22O4S. The fourth-order valence-corrected chi connectivity index (χ4v) is 2.05. The molecule has 116 valence electrons. The lowest BCUT2D eigenvalue weighted by molar-refractivity contribution is -0.147. The highest BCUT2D eigenvalue weighted by Crippen LogP contribution is 2.19. The summed E-state index contributed by atoms with van der Waals surface area (Å²) >= 11 is 1.62. The molecule has 0 aliphatic rings. The molecule has 0 aromatic heterocycles. The monoisotopic (exact) mass is 310 g/mol. The van der Waals surface area contributed by atoms with Gasteiger partial charge in [-0.3, -0.25) is 9.59 Å². The maximum Gasteiger partial charge on any atom is 0.311 e. The van der Waals surface area contributed by atoms with Gasteiger partial charge in [0.2, 0.25) is 0 Å². The van der Waals surface area contributed by atoms with Crippen molar-refractivity contribution >= 4 is 23.7 Å². The Balaban J connectivity index is 2.22. The topological polar surface area (TPSA) is 52.6 Å². The number of esters is 2. The molecule has 5 heteroatoms. The number of hydrogen-bond acceptors (Lipinski definition) is 5. The molecular weight excluding hydrogens is 288 g/mol. The fraction of sp³-hybridized carbons (Fsp3) is 0.500. The van der Waals surface area contributed by atoms with Crippen molar-refractivity contribution in [2.24, 2.45) is 0 Å². The second-order valence-corrected chi connectivity index (χ2v) is 5.46. The third-order valence-corrected chi connectivity index (χ3v) is 3.58. The number of carbonyl (C=O) groups excluding carboxylic acids is 2. The summed E-state index contributed by atoms with van der Waals surface area (Å²) in [6, 6.07) is 7.25. The second kappa shape index (κ2) is 10.3. The van der Waals surface area contributed by atoms with Crippen molar-refractivity contribution in [3.8, 4) is 5.75 Å². The van der Waals surface area contributed by atoms with Crippen LogP contribution in [0.25, 0.3) is 0 Å². The van der Waals surface area contributed by atoms with Gasteiger partial charge in [0.05, 0.1) is 19.4 Å². The van der Waals surface area contributed by atoms with Gasteiger partial charge in [-0.2, -0.15) is 0 Å². The van der Waals surface area contributed by atoms with Crippen molar-refractivity contribution in [3.63, 3.8) is 0 Å². The Morgan fingerprint density at radius 2 is 1.71 bits per heavy atom. The van der Waals surface area contributed by atoms with E-state index in [1.165, 1.54) is 0 Å². The Kier molecular flexibility index (Phi) is 8.59. The van der Waals surface area contributed by atoms with Gasteiger partial charge in [0, 0.05) is 4.90 Å². The van der Waals surface area contributed by atoms with Crippen LogP contribution >= 0.6 is 11.8 Å². The van der Waals surface area contributed by atoms with Gasteiger partial charge in [-0.1, -0.05) is 19.8 Å². The molecule has 1 aromatic rings. The third-order valence-electron chi connectivity index (χ3n) is 2.84. The van der Waals surface area contributed by atoms with Gasteiger partial charge in [0.1, 0.15) is 5.75 Å². The van der Waals surface area contributed by atoms with Crippen LogP contribution < -0.4 is 4.74 Å². The summed E-state index contributed by atoms with van der Waals surface area (Å²) in [6.45, 7) is 2.52. The number of hydrogen-bond donors (Lipinski definition) is 0. The third kappa shape index (κ3) is 7.75. The molecule has 0 amide bonds. The van der Waals surface area contributed by atoms with Gasteiger partial charge in [0.15, 0.2) is 0 Å². The fourth-order valence-electron chi connectivity index (χ4n) is 1.64. The number of thioether (sulfide) groups is 1. The molecule has 0 aliphatic heterocycles. The van der Waals surface area contributed by atoms with E-state index in [4.69, 9.17) is 9.47 Å². The highest BCUT2D eigenvalue weighted by Gasteiger charge is 2.10. The molecule has 0 unspecified atom stereocenters. The van der Waals surface area contributed by atoms with Gasteiger partial charge in [0.25, 0.3) is 0 Å². The Bertz CT molecular complexity index is 442. The Hall–Kier alpha value is -1.49. The molecule has 0 N–H and O–H groups in total. The summed E-state index contributed by atoms with van der Waals surface area (Å²) in [5.74, 6) is -0.271. The summed E-state index contributed by atoms with van der Waals surface area (Å²) in [6.07, 6.45) is 5.08. The van der Waals surface area contributed by atoms with E-state index in [1.807, 2.05) is 18.4 Å². The smallest absolute Gasteiger partial charge is 0.311 e. The zero-order chi connectivity index (χ0) is 15.5. The van der Waals surface area contributed by atoms with Crippen LogP contribution in [0.15, 0.2) is 29.2 Å². The first-order valence-corrected chi connectivity index (χ1v) is 8.38. The molecule has 21 heavy (non-hydrogen) atoms. The molecule has 1 aromatic carbocycles. The lowest BCUT2D eigenvalue weighted by Crippen LogP contribution is -2.12. The summed E-state index contributed by atoms with van der Waals surface area (Å²) in [7, 11) is 0. The van der Waals surface area contributed by atoms with Crippen LogP contribution in [0.2, 0.25) is 0 Å². The average Bonchev–Trinajstić information content (AvgIpc) is 2.50. The molecule has 0 heterocycles. The minimum absolute atomic E-state index is 0.0386. The van der Waals surface area contributed by atoms with Crippen LogP contribution in [-0.2, 0) is 14.3 Å². The zero-order valence-electron chi connectivity index (χ0n) is 12.6. The van der Waals surface area contributed by atoms with E-state index < -0.39 is 5.97 Å². The van der Waals surface area contributed by atoms with Crippen molar-refractivity contribution in [2.45, 2.75) is 43.9 Å². The number of benzene rings is 1. The maximum absolute atomic E-state index is 11.6. The molecule has 0 saturated heterocycles. The lowest BCUT2D eigenvalue weighted by atomic mass is 10.3. The Morgan fingerprint density at radius 1 is 1.05 bits per heavy atom. The van der Waals surface area contributed by atoms with E-state index in [0.29, 0.717) is 12.4 Å². The quantitative estimate of drug-likeness (QED) is 0.300. The number of ether oxygens (including phenoxy) is 2. The van der Waals surface area contributed by atoms with Gasteiger partial charge < -0.3 is 9.47 Å². The average molecular weight is 310 g/mol. The van der Waals surface area contributed by atoms with E-state index in [-0.39, 0.29) is 18.8 Å². The summed E-state index contributed by atoms with van der Waals surface area (Å²) in [5.41, 5.74) is 0. The van der Waals surface area contributed by atoms with Gasteiger partial charge in [-0.05, 0) is 36.9 Å². The molecule has 0 saturated carbocycles. The normalized spacial score (nSPS) is 10.2. The van der Waals surface area contributed by atoms with Gasteiger partial charge in [-0.15, -0.1) is 11.8 Å². The number of carbonyl (C=O) groups is 2. The highest BCUT2D eigenvalue weighted by atomic mass is 32.2. The van der Waals surface area contributed by atoms with E-state index in [9.17, 15) is 9.59 Å². The van der Waals surface area contributed by atoms with Crippen LogP contribution in [0.5, 0.6) is 5.75 Å². The molecule has 0 spiro atoms. The number of unbranched alkanes of at least 4 members (excludes halogenated alkanes) is 2. The second-order valence-electron chi connectivity index (χ2n) is 4.58. The first-order valence-electron chi connectivity index (χ1n) is 7.16. The van der Waals surface area contributed by atoms with Crippen molar-refractivity contribution in [2.75, 3.05) is 12.9 Å². The maximum atomic E-state index is 11.6. The molecule has 0 fully saturated rings.